The normalized spacial score (nSPS) is 15.9. The first-order valence-electron chi connectivity index (χ1n) is 7.93. The summed E-state index contributed by atoms with van der Waals surface area (Å²) in [6, 6.07) is 7.34. The number of carbonyl (C=O) groups is 2. The number of nitrogens with one attached hydrogen (secondary N) is 1. The molecule has 0 aromatic heterocycles. The topological polar surface area (TPSA) is 69.6 Å². The van der Waals surface area contributed by atoms with Crippen molar-refractivity contribution in [2.45, 2.75) is 45.3 Å². The van der Waals surface area contributed by atoms with E-state index in [4.69, 9.17) is 0 Å². The van der Waals surface area contributed by atoms with E-state index in [1.165, 1.54) is 0 Å². The van der Waals surface area contributed by atoms with Gasteiger partial charge < -0.3 is 15.3 Å². The molecule has 2 N–H and O–H groups in total. The fourth-order valence-corrected chi connectivity index (χ4v) is 2.51. The first-order chi connectivity index (χ1) is 10.6. The van der Waals surface area contributed by atoms with Crippen LogP contribution in [0, 0.1) is 0 Å². The van der Waals surface area contributed by atoms with E-state index >= 15 is 0 Å². The fraction of sp³-hybridized carbons (Fsp3) is 0.529. The standard InChI is InChI=1S/C17H24N2O3/c1-2-15(20)9-10-18-17(22)14-7-5-13(6-8-14)12-19-11-3-4-16(19)21/h5-8,15,20H,2-4,9-12H2,1H3,(H,18,22). The van der Waals surface area contributed by atoms with Crippen LogP contribution < -0.4 is 5.32 Å². The van der Waals surface area contributed by atoms with Crippen molar-refractivity contribution in [2.75, 3.05) is 13.1 Å². The number of amides is 2. The van der Waals surface area contributed by atoms with Crippen LogP contribution in [0.15, 0.2) is 24.3 Å². The second kappa shape index (κ2) is 7.94. The minimum Gasteiger partial charge on any atom is -0.393 e. The number of aliphatic hydroxyl groups excluding tert-OH is 1. The van der Waals surface area contributed by atoms with Crippen molar-refractivity contribution in [2.24, 2.45) is 0 Å². The third-order valence-corrected chi connectivity index (χ3v) is 4.00. The zero-order valence-corrected chi connectivity index (χ0v) is 13.0. The van der Waals surface area contributed by atoms with Gasteiger partial charge in [-0.15, -0.1) is 0 Å². The van der Waals surface area contributed by atoms with Crippen LogP contribution in [0.2, 0.25) is 0 Å². The van der Waals surface area contributed by atoms with Crippen LogP contribution >= 0.6 is 0 Å². The first-order valence-corrected chi connectivity index (χ1v) is 7.93. The molecule has 2 rings (SSSR count). The Balaban J connectivity index is 1.83. The minimum absolute atomic E-state index is 0.132. The lowest BCUT2D eigenvalue weighted by Crippen LogP contribution is -2.27. The average molecular weight is 304 g/mol. The van der Waals surface area contributed by atoms with Crippen LogP contribution in [0.25, 0.3) is 0 Å². The zero-order valence-electron chi connectivity index (χ0n) is 13.0. The second-order valence-corrected chi connectivity index (χ2v) is 5.72. The lowest BCUT2D eigenvalue weighted by molar-refractivity contribution is -0.128. The molecule has 1 aromatic rings. The van der Waals surface area contributed by atoms with Gasteiger partial charge in [-0.2, -0.15) is 0 Å². The molecule has 1 aliphatic rings. The number of likely N-dealkylation sites (tertiary alicyclic amines) is 1. The van der Waals surface area contributed by atoms with E-state index in [1.807, 2.05) is 24.0 Å². The number of hydrogen-bond donors (Lipinski definition) is 2. The Hall–Kier alpha value is -1.88. The summed E-state index contributed by atoms with van der Waals surface area (Å²) in [5.41, 5.74) is 1.63. The summed E-state index contributed by atoms with van der Waals surface area (Å²) in [5.74, 6) is 0.0726. The van der Waals surface area contributed by atoms with Crippen LogP contribution in [0.3, 0.4) is 0 Å². The van der Waals surface area contributed by atoms with Gasteiger partial charge in [0.05, 0.1) is 6.10 Å². The molecule has 0 bridgehead atoms. The molecule has 1 unspecified atom stereocenters. The van der Waals surface area contributed by atoms with Crippen LogP contribution in [0.4, 0.5) is 0 Å². The molecule has 0 spiro atoms. The Kier molecular flexibility index (Phi) is 5.95. The molecule has 5 nitrogen and oxygen atoms in total. The summed E-state index contributed by atoms with van der Waals surface area (Å²) in [7, 11) is 0. The summed E-state index contributed by atoms with van der Waals surface area (Å²) in [6.45, 7) is 3.82. The van der Waals surface area contributed by atoms with Gasteiger partial charge in [0.25, 0.3) is 5.91 Å². The van der Waals surface area contributed by atoms with E-state index in [0.717, 1.165) is 18.5 Å². The average Bonchev–Trinajstić information content (AvgIpc) is 2.93. The highest BCUT2D eigenvalue weighted by Gasteiger charge is 2.19. The van der Waals surface area contributed by atoms with E-state index in [2.05, 4.69) is 5.32 Å². The largest absolute Gasteiger partial charge is 0.393 e. The Labute approximate surface area is 131 Å². The maximum atomic E-state index is 12.0. The molecule has 1 atom stereocenters. The molecule has 1 heterocycles. The van der Waals surface area contributed by atoms with Gasteiger partial charge in [0.15, 0.2) is 0 Å². The molecule has 0 saturated carbocycles. The maximum Gasteiger partial charge on any atom is 0.251 e. The van der Waals surface area contributed by atoms with Crippen LogP contribution in [0.1, 0.15) is 48.5 Å². The van der Waals surface area contributed by atoms with E-state index in [0.29, 0.717) is 37.9 Å². The number of nitrogens with zero attached hydrogens (tertiary/aromatic N) is 1. The van der Waals surface area contributed by atoms with Gasteiger partial charge in [-0.05, 0) is 37.0 Å². The predicted molar refractivity (Wildman–Crippen MR) is 84.3 cm³/mol. The Morgan fingerprint density at radius 1 is 1.36 bits per heavy atom. The molecule has 22 heavy (non-hydrogen) atoms. The van der Waals surface area contributed by atoms with E-state index in [1.54, 1.807) is 12.1 Å². The maximum absolute atomic E-state index is 12.0. The monoisotopic (exact) mass is 304 g/mol. The van der Waals surface area contributed by atoms with Gasteiger partial charge in [0.1, 0.15) is 0 Å². The highest BCUT2D eigenvalue weighted by Crippen LogP contribution is 2.14. The number of aliphatic hydroxyl groups is 1. The van der Waals surface area contributed by atoms with Gasteiger partial charge in [0.2, 0.25) is 5.91 Å². The molecule has 1 aromatic carbocycles. The molecule has 5 heteroatoms. The Morgan fingerprint density at radius 3 is 2.68 bits per heavy atom. The summed E-state index contributed by atoms with van der Waals surface area (Å²) in [5, 5.41) is 12.3. The number of carbonyl (C=O) groups excluding carboxylic acids is 2. The van der Waals surface area contributed by atoms with Gasteiger partial charge in [-0.3, -0.25) is 9.59 Å². The van der Waals surface area contributed by atoms with Crippen molar-refractivity contribution in [1.82, 2.24) is 10.2 Å². The number of rotatable bonds is 7. The smallest absolute Gasteiger partial charge is 0.251 e. The molecule has 0 aliphatic carbocycles. The zero-order chi connectivity index (χ0) is 15.9. The highest BCUT2D eigenvalue weighted by atomic mass is 16.3. The van der Waals surface area contributed by atoms with Gasteiger partial charge in [-0.25, -0.2) is 0 Å². The molecule has 0 radical (unpaired) electrons. The van der Waals surface area contributed by atoms with E-state index < -0.39 is 0 Å². The summed E-state index contributed by atoms with van der Waals surface area (Å²) < 4.78 is 0. The molecule has 120 valence electrons. The number of benzene rings is 1. The quantitative estimate of drug-likeness (QED) is 0.805. The lowest BCUT2D eigenvalue weighted by atomic mass is 10.1. The van der Waals surface area contributed by atoms with Crippen molar-refractivity contribution >= 4 is 11.8 Å². The van der Waals surface area contributed by atoms with E-state index in [9.17, 15) is 14.7 Å². The minimum atomic E-state index is -0.360. The van der Waals surface area contributed by atoms with Crippen molar-refractivity contribution in [3.8, 4) is 0 Å². The third kappa shape index (κ3) is 4.56. The van der Waals surface area contributed by atoms with Crippen molar-refractivity contribution in [1.29, 1.82) is 0 Å². The number of hydrogen-bond acceptors (Lipinski definition) is 3. The second-order valence-electron chi connectivity index (χ2n) is 5.72. The van der Waals surface area contributed by atoms with Crippen LogP contribution in [-0.4, -0.2) is 41.0 Å². The SMILES string of the molecule is CCC(O)CCNC(=O)c1ccc(CN2CCCC2=O)cc1. The van der Waals surface area contributed by atoms with Gasteiger partial charge in [0, 0.05) is 31.6 Å². The molecule has 1 saturated heterocycles. The van der Waals surface area contributed by atoms with Crippen LogP contribution in [0.5, 0.6) is 0 Å². The van der Waals surface area contributed by atoms with Crippen molar-refractivity contribution in [3.05, 3.63) is 35.4 Å². The molecule has 1 fully saturated rings. The van der Waals surface area contributed by atoms with Gasteiger partial charge in [-0.1, -0.05) is 19.1 Å². The summed E-state index contributed by atoms with van der Waals surface area (Å²) in [4.78, 5) is 25.4. The molecular formula is C17H24N2O3. The Morgan fingerprint density at radius 2 is 2.09 bits per heavy atom. The van der Waals surface area contributed by atoms with Crippen molar-refractivity contribution in [3.63, 3.8) is 0 Å². The molecule has 1 aliphatic heterocycles. The third-order valence-electron chi connectivity index (χ3n) is 4.00. The van der Waals surface area contributed by atoms with Crippen molar-refractivity contribution < 1.29 is 14.7 Å². The molecular weight excluding hydrogens is 280 g/mol. The predicted octanol–water partition coefficient (Wildman–Crippen LogP) is 1.70. The molecule has 2 amide bonds. The van der Waals surface area contributed by atoms with Gasteiger partial charge >= 0.3 is 0 Å². The fourth-order valence-electron chi connectivity index (χ4n) is 2.51. The van der Waals surface area contributed by atoms with E-state index in [-0.39, 0.29) is 17.9 Å². The lowest BCUT2D eigenvalue weighted by Gasteiger charge is -2.15. The highest BCUT2D eigenvalue weighted by molar-refractivity contribution is 5.94. The Bertz CT molecular complexity index is 513. The first kappa shape index (κ1) is 16.5. The summed E-state index contributed by atoms with van der Waals surface area (Å²) in [6.07, 6.45) is 2.48. The van der Waals surface area contributed by atoms with Crippen LogP contribution in [-0.2, 0) is 11.3 Å². The summed E-state index contributed by atoms with van der Waals surface area (Å²) >= 11 is 0.